The molecule has 2 aromatic heterocycles. The van der Waals surface area contributed by atoms with Crippen LogP contribution in [0.3, 0.4) is 0 Å². The first kappa shape index (κ1) is 15.7. The maximum Gasteiger partial charge on any atom is 0.237 e. The average molecular weight is 377 g/mol. The lowest BCUT2D eigenvalue weighted by molar-refractivity contribution is -0.118. The van der Waals surface area contributed by atoms with Crippen molar-refractivity contribution in [2.45, 2.75) is 31.1 Å². The summed E-state index contributed by atoms with van der Waals surface area (Å²) in [6, 6.07) is 7.62. The quantitative estimate of drug-likeness (QED) is 0.752. The Hall–Kier alpha value is -3.35. The number of carbonyl (C=O) groups is 1. The van der Waals surface area contributed by atoms with Crippen LogP contribution in [0.15, 0.2) is 41.1 Å². The minimum atomic E-state index is -0.555. The Morgan fingerprint density at radius 1 is 1.14 bits per heavy atom. The fourth-order valence-corrected chi connectivity index (χ4v) is 4.06. The number of anilines is 1. The number of furan rings is 1. The zero-order valence-electron chi connectivity index (χ0n) is 15.0. The molecule has 1 fully saturated rings. The van der Waals surface area contributed by atoms with Gasteiger partial charge in [0.1, 0.15) is 5.76 Å². The Kier molecular flexibility index (Phi) is 3.12. The monoisotopic (exact) mass is 377 g/mol. The van der Waals surface area contributed by atoms with E-state index in [4.69, 9.17) is 13.9 Å². The van der Waals surface area contributed by atoms with E-state index >= 15 is 0 Å². The number of carbonyl (C=O) groups excluding carboxylic acids is 1. The smallest absolute Gasteiger partial charge is 0.237 e. The third kappa shape index (κ3) is 2.25. The normalized spacial score (nSPS) is 17.6. The molecule has 0 atom stereocenters. The highest BCUT2D eigenvalue weighted by Gasteiger charge is 2.52. The topological polar surface area (TPSA) is 86.5 Å². The van der Waals surface area contributed by atoms with Crippen LogP contribution in [0.5, 0.6) is 11.5 Å². The Labute approximate surface area is 162 Å². The van der Waals surface area contributed by atoms with E-state index in [1.807, 2.05) is 24.3 Å². The molecule has 0 spiro atoms. The number of nitrogens with one attached hydrogen (secondary N) is 1. The molecule has 2 aliphatic carbocycles. The molecule has 1 amide bonds. The van der Waals surface area contributed by atoms with Gasteiger partial charge in [0.25, 0.3) is 0 Å². The third-order valence-corrected chi connectivity index (χ3v) is 5.82. The molecular formula is C21H19N3O4. The van der Waals surface area contributed by atoms with E-state index in [1.54, 1.807) is 12.5 Å². The van der Waals surface area contributed by atoms with Gasteiger partial charge in [-0.25, -0.2) is 9.97 Å². The summed E-state index contributed by atoms with van der Waals surface area (Å²) in [6.07, 6.45) is 6.74. The van der Waals surface area contributed by atoms with Crippen molar-refractivity contribution in [2.75, 3.05) is 12.1 Å². The molecule has 1 saturated carbocycles. The van der Waals surface area contributed by atoms with Crippen molar-refractivity contribution in [1.82, 2.24) is 9.97 Å². The Balaban J connectivity index is 0.00000181. The molecule has 3 aromatic rings. The summed E-state index contributed by atoms with van der Waals surface area (Å²) in [5, 5.41) is 2.92. The summed E-state index contributed by atoms with van der Waals surface area (Å²) in [7, 11) is 0. The summed E-state index contributed by atoms with van der Waals surface area (Å²) in [5.41, 5.74) is 3.28. The van der Waals surface area contributed by atoms with Crippen LogP contribution in [0.1, 0.15) is 31.2 Å². The lowest BCUT2D eigenvalue weighted by Gasteiger charge is -2.17. The van der Waals surface area contributed by atoms with Crippen molar-refractivity contribution < 1.29 is 20.1 Å². The number of benzene rings is 1. The van der Waals surface area contributed by atoms with Crippen LogP contribution >= 0.6 is 0 Å². The molecule has 3 heterocycles. The summed E-state index contributed by atoms with van der Waals surface area (Å²) < 4.78 is 16.4. The molecule has 6 rings (SSSR count). The van der Waals surface area contributed by atoms with Crippen LogP contribution in [0.25, 0.3) is 11.3 Å². The summed E-state index contributed by atoms with van der Waals surface area (Å²) in [6.45, 7) is 0.219. The minimum Gasteiger partial charge on any atom is -0.469 e. The van der Waals surface area contributed by atoms with Gasteiger partial charge in [-0.1, -0.05) is 6.07 Å². The maximum absolute atomic E-state index is 13.1. The molecule has 0 radical (unpaired) electrons. The first-order chi connectivity index (χ1) is 13.7. The predicted molar refractivity (Wildman–Crippen MR) is 101 cm³/mol. The molecule has 0 unspecified atom stereocenters. The highest BCUT2D eigenvalue weighted by molar-refractivity contribution is 6.00. The van der Waals surface area contributed by atoms with Crippen LogP contribution in [0.4, 0.5) is 5.95 Å². The number of amides is 1. The average Bonchev–Trinajstić information content (AvgIpc) is 3.16. The van der Waals surface area contributed by atoms with E-state index in [9.17, 15) is 4.79 Å². The number of fused-ring (bicyclic) bond motifs is 4. The first-order valence-electron chi connectivity index (χ1n) is 9.37. The van der Waals surface area contributed by atoms with Crippen molar-refractivity contribution >= 4 is 11.9 Å². The number of hydrogen-bond acceptors (Lipinski definition) is 6. The number of ether oxygens (including phenoxy) is 2. The summed E-state index contributed by atoms with van der Waals surface area (Å²) in [4.78, 5) is 22.1. The van der Waals surface area contributed by atoms with E-state index in [0.29, 0.717) is 17.4 Å². The highest BCUT2D eigenvalue weighted by Crippen LogP contribution is 2.51. The van der Waals surface area contributed by atoms with E-state index in [2.05, 4.69) is 15.3 Å². The van der Waals surface area contributed by atoms with Crippen LogP contribution in [-0.2, 0) is 23.1 Å². The van der Waals surface area contributed by atoms with Gasteiger partial charge in [0.2, 0.25) is 18.6 Å². The maximum atomic E-state index is 13.1. The van der Waals surface area contributed by atoms with Gasteiger partial charge in [0.15, 0.2) is 11.5 Å². The lowest BCUT2D eigenvalue weighted by Crippen LogP contribution is -2.28. The van der Waals surface area contributed by atoms with E-state index in [0.717, 1.165) is 53.8 Å². The summed E-state index contributed by atoms with van der Waals surface area (Å²) >= 11 is 0. The number of hydrogen-bond donors (Lipinski definition) is 1. The van der Waals surface area contributed by atoms with Crippen LogP contribution in [0.2, 0.25) is 0 Å². The Morgan fingerprint density at radius 3 is 2.93 bits per heavy atom. The van der Waals surface area contributed by atoms with Crippen molar-refractivity contribution in [2.24, 2.45) is 0 Å². The standard InChI is InChI=1S/C21H17N3O4.H2/c25-19(21(6-7-21)13-2-4-16-17(9-13)28-11-27-16)24-20-22-10-12-1-3-15-14(5-8-26-15)18(12)23-20;/h2,4-5,8-10H,1,3,6-7,11H2,(H,22,23,24,25);1H. The van der Waals surface area contributed by atoms with Gasteiger partial charge in [-0.2, -0.15) is 0 Å². The van der Waals surface area contributed by atoms with Crippen molar-refractivity contribution in [3.05, 3.63) is 53.6 Å². The second-order valence-electron chi connectivity index (χ2n) is 7.43. The number of aryl methyl sites for hydroxylation is 2. The van der Waals surface area contributed by atoms with E-state index in [-0.39, 0.29) is 14.1 Å². The van der Waals surface area contributed by atoms with E-state index < -0.39 is 5.41 Å². The van der Waals surface area contributed by atoms with Gasteiger partial charge < -0.3 is 13.9 Å². The van der Waals surface area contributed by atoms with Gasteiger partial charge in [-0.05, 0) is 48.6 Å². The Morgan fingerprint density at radius 2 is 2.04 bits per heavy atom. The van der Waals surface area contributed by atoms with Gasteiger partial charge in [0, 0.05) is 19.6 Å². The molecule has 1 aliphatic heterocycles. The second-order valence-corrected chi connectivity index (χ2v) is 7.43. The number of rotatable bonds is 3. The molecule has 1 N–H and O–H groups in total. The fourth-order valence-electron chi connectivity index (χ4n) is 4.06. The fraction of sp³-hybridized carbons (Fsp3) is 0.286. The predicted octanol–water partition coefficient (Wildman–Crippen LogP) is 3.48. The second kappa shape index (κ2) is 5.58. The zero-order valence-corrected chi connectivity index (χ0v) is 15.0. The van der Waals surface area contributed by atoms with Crippen LogP contribution < -0.4 is 14.8 Å². The molecule has 28 heavy (non-hydrogen) atoms. The molecule has 3 aliphatic rings. The lowest BCUT2D eigenvalue weighted by atomic mass is 9.94. The zero-order chi connectivity index (χ0) is 18.7. The van der Waals surface area contributed by atoms with E-state index in [1.165, 1.54) is 0 Å². The highest BCUT2D eigenvalue weighted by atomic mass is 16.7. The third-order valence-electron chi connectivity index (χ3n) is 5.82. The number of nitrogens with zero attached hydrogens (tertiary/aromatic N) is 2. The first-order valence-corrected chi connectivity index (χ1v) is 9.37. The van der Waals surface area contributed by atoms with Crippen LogP contribution in [0, 0.1) is 0 Å². The van der Waals surface area contributed by atoms with Crippen molar-refractivity contribution in [3.8, 4) is 22.8 Å². The van der Waals surface area contributed by atoms with Crippen molar-refractivity contribution in [1.29, 1.82) is 0 Å². The molecule has 7 heteroatoms. The van der Waals surface area contributed by atoms with Crippen LogP contribution in [-0.4, -0.2) is 22.7 Å². The molecule has 1 aromatic carbocycles. The van der Waals surface area contributed by atoms with Gasteiger partial charge >= 0.3 is 0 Å². The van der Waals surface area contributed by atoms with Gasteiger partial charge in [-0.15, -0.1) is 0 Å². The molecule has 142 valence electrons. The molecule has 0 saturated heterocycles. The summed E-state index contributed by atoms with van der Waals surface area (Å²) in [5.74, 6) is 2.57. The van der Waals surface area contributed by atoms with Crippen molar-refractivity contribution in [3.63, 3.8) is 0 Å². The number of aromatic nitrogens is 2. The largest absolute Gasteiger partial charge is 0.469 e. The molecule has 7 nitrogen and oxygen atoms in total. The minimum absolute atomic E-state index is 0. The van der Waals surface area contributed by atoms with Gasteiger partial charge in [0.05, 0.1) is 17.4 Å². The molecule has 0 bridgehead atoms. The SMILES string of the molecule is O=C(Nc1ncc2c(n1)-c1ccoc1CC2)C1(c2ccc3c(c2)OCO3)CC1.[HH]. The van der Waals surface area contributed by atoms with Gasteiger partial charge in [-0.3, -0.25) is 10.1 Å². The Bertz CT molecular complexity index is 1120. The molecular weight excluding hydrogens is 358 g/mol.